The number of hydrogen-bond acceptors (Lipinski definition) is 6. The number of thioether (sulfide) groups is 1. The molecule has 0 atom stereocenters. The van der Waals surface area contributed by atoms with Crippen molar-refractivity contribution in [3.8, 4) is 0 Å². The molecule has 1 aliphatic carbocycles. The highest BCUT2D eigenvalue weighted by Gasteiger charge is 2.34. The summed E-state index contributed by atoms with van der Waals surface area (Å²) < 4.78 is 28.7. The minimum atomic E-state index is -2.56. The molecule has 2 aliphatic rings. The Labute approximate surface area is 155 Å². The average molecular weight is 380 g/mol. The normalized spacial score (nSPS) is 19.7. The van der Waals surface area contributed by atoms with Gasteiger partial charge in [-0.3, -0.25) is 0 Å². The first-order valence-electron chi connectivity index (χ1n) is 8.85. The second-order valence-corrected chi connectivity index (χ2v) is 7.93. The zero-order valence-corrected chi connectivity index (χ0v) is 15.5. The van der Waals surface area contributed by atoms with Crippen molar-refractivity contribution in [1.82, 2.24) is 19.7 Å². The molecule has 0 radical (unpaired) electrons. The summed E-state index contributed by atoms with van der Waals surface area (Å²) in [7, 11) is 0. The summed E-state index contributed by atoms with van der Waals surface area (Å²) in [5.41, 5.74) is 7.60. The van der Waals surface area contributed by atoms with Gasteiger partial charge in [0.2, 0.25) is 5.16 Å². The van der Waals surface area contributed by atoms with Crippen LogP contribution in [0.3, 0.4) is 0 Å². The molecule has 0 bridgehead atoms. The maximum atomic E-state index is 13.4. The van der Waals surface area contributed by atoms with E-state index < -0.39 is 5.92 Å². The van der Waals surface area contributed by atoms with Crippen LogP contribution in [-0.4, -0.2) is 38.8 Å². The maximum absolute atomic E-state index is 13.4. The van der Waals surface area contributed by atoms with Crippen LogP contribution in [0.4, 0.5) is 20.3 Å². The number of pyridine rings is 1. The summed E-state index contributed by atoms with van der Waals surface area (Å²) in [5, 5.41) is 5.29. The number of nitrogens with two attached hydrogens (primary N) is 1. The number of nitrogens with zero attached hydrogens (tertiary/aromatic N) is 5. The Morgan fingerprint density at radius 2 is 1.96 bits per heavy atom. The Balaban J connectivity index is 1.43. The van der Waals surface area contributed by atoms with Crippen LogP contribution in [0.5, 0.6) is 0 Å². The van der Waals surface area contributed by atoms with Gasteiger partial charge < -0.3 is 10.6 Å². The van der Waals surface area contributed by atoms with Crippen LogP contribution in [0.2, 0.25) is 0 Å². The molecule has 0 spiro atoms. The number of aromatic nitrogens is 4. The van der Waals surface area contributed by atoms with Crippen molar-refractivity contribution in [2.24, 2.45) is 0 Å². The first-order chi connectivity index (χ1) is 12.4. The Hall–Kier alpha value is -1.90. The highest BCUT2D eigenvalue weighted by molar-refractivity contribution is 7.98. The summed E-state index contributed by atoms with van der Waals surface area (Å²) in [6.45, 7) is 2.63. The third kappa shape index (κ3) is 3.92. The van der Waals surface area contributed by atoms with Gasteiger partial charge in [0.05, 0.1) is 11.7 Å². The van der Waals surface area contributed by atoms with Gasteiger partial charge in [-0.2, -0.15) is 0 Å². The number of piperidine rings is 1. The smallest absolute Gasteiger partial charge is 0.251 e. The SMILES string of the molecule is Cc1nc(SCc2cc(N3CCC(F)(F)CC3)cc(N)n2)nn1C1CC1. The zero-order chi connectivity index (χ0) is 18.3. The van der Waals surface area contributed by atoms with E-state index in [1.165, 1.54) is 24.6 Å². The molecule has 2 aromatic heterocycles. The van der Waals surface area contributed by atoms with Crippen LogP contribution in [0.15, 0.2) is 17.3 Å². The van der Waals surface area contributed by atoms with Crippen LogP contribution < -0.4 is 10.6 Å². The number of aryl methyl sites for hydroxylation is 1. The van der Waals surface area contributed by atoms with E-state index in [9.17, 15) is 8.78 Å². The number of nitrogen functional groups attached to an aromatic ring is 1. The molecule has 6 nitrogen and oxygen atoms in total. The van der Waals surface area contributed by atoms with Crippen molar-refractivity contribution in [2.75, 3.05) is 23.7 Å². The fourth-order valence-electron chi connectivity index (χ4n) is 3.18. The Bertz CT molecular complexity index is 795. The molecule has 2 aromatic rings. The van der Waals surface area contributed by atoms with Crippen molar-refractivity contribution >= 4 is 23.3 Å². The molecular weight excluding hydrogens is 358 g/mol. The average Bonchev–Trinajstić information content (AvgIpc) is 3.35. The highest BCUT2D eigenvalue weighted by atomic mass is 32.2. The second kappa shape index (κ2) is 6.68. The van der Waals surface area contributed by atoms with E-state index in [0.29, 0.717) is 30.7 Å². The second-order valence-electron chi connectivity index (χ2n) is 6.99. The third-order valence-corrected chi connectivity index (χ3v) is 5.64. The van der Waals surface area contributed by atoms with Gasteiger partial charge in [-0.15, -0.1) is 5.10 Å². The van der Waals surface area contributed by atoms with E-state index in [1.54, 1.807) is 6.07 Å². The van der Waals surface area contributed by atoms with E-state index in [2.05, 4.69) is 15.1 Å². The van der Waals surface area contributed by atoms with Crippen molar-refractivity contribution in [2.45, 2.75) is 55.5 Å². The topological polar surface area (TPSA) is 72.9 Å². The summed E-state index contributed by atoms with van der Waals surface area (Å²) in [4.78, 5) is 10.8. The van der Waals surface area contributed by atoms with Gasteiger partial charge in [0.1, 0.15) is 11.6 Å². The number of anilines is 2. The lowest BCUT2D eigenvalue weighted by Crippen LogP contribution is -2.39. The fraction of sp³-hybridized carbons (Fsp3) is 0.588. The minimum Gasteiger partial charge on any atom is -0.384 e. The molecule has 26 heavy (non-hydrogen) atoms. The summed E-state index contributed by atoms with van der Waals surface area (Å²) >= 11 is 1.52. The first kappa shape index (κ1) is 17.5. The number of alkyl halides is 2. The van der Waals surface area contributed by atoms with E-state index in [-0.39, 0.29) is 12.8 Å². The predicted molar refractivity (Wildman–Crippen MR) is 97.6 cm³/mol. The molecule has 1 saturated carbocycles. The molecule has 2 N–H and O–H groups in total. The molecule has 9 heteroatoms. The lowest BCUT2D eigenvalue weighted by molar-refractivity contribution is -0.0220. The van der Waals surface area contributed by atoms with Crippen LogP contribution in [-0.2, 0) is 5.75 Å². The van der Waals surface area contributed by atoms with Crippen molar-refractivity contribution in [3.05, 3.63) is 23.7 Å². The number of hydrogen-bond donors (Lipinski definition) is 1. The largest absolute Gasteiger partial charge is 0.384 e. The Morgan fingerprint density at radius 1 is 1.23 bits per heavy atom. The van der Waals surface area contributed by atoms with Gasteiger partial charge in [-0.25, -0.2) is 23.4 Å². The van der Waals surface area contributed by atoms with Crippen LogP contribution in [0.1, 0.15) is 43.2 Å². The van der Waals surface area contributed by atoms with Gasteiger partial charge >= 0.3 is 0 Å². The van der Waals surface area contributed by atoms with E-state index in [0.717, 1.165) is 22.4 Å². The van der Waals surface area contributed by atoms with Crippen molar-refractivity contribution in [3.63, 3.8) is 0 Å². The summed E-state index contributed by atoms with van der Waals surface area (Å²) in [6, 6.07) is 4.19. The van der Waals surface area contributed by atoms with Crippen LogP contribution >= 0.6 is 11.8 Å². The monoisotopic (exact) mass is 380 g/mol. The van der Waals surface area contributed by atoms with Gasteiger partial charge in [0.15, 0.2) is 0 Å². The van der Waals surface area contributed by atoms with Crippen molar-refractivity contribution in [1.29, 1.82) is 0 Å². The molecule has 0 unspecified atom stereocenters. The molecular formula is C17H22F2N6S. The first-order valence-corrected chi connectivity index (χ1v) is 9.83. The molecule has 0 amide bonds. The number of halogens is 2. The quantitative estimate of drug-likeness (QED) is 0.801. The molecule has 1 saturated heterocycles. The third-order valence-electron chi connectivity index (χ3n) is 4.77. The molecule has 140 valence electrons. The molecule has 2 fully saturated rings. The summed E-state index contributed by atoms with van der Waals surface area (Å²) in [5.74, 6) is -0.623. The Kier molecular flexibility index (Phi) is 4.50. The van der Waals surface area contributed by atoms with Gasteiger partial charge in [0, 0.05) is 43.4 Å². The van der Waals surface area contributed by atoms with Crippen LogP contribution in [0, 0.1) is 6.92 Å². The van der Waals surface area contributed by atoms with Gasteiger partial charge in [0.25, 0.3) is 5.92 Å². The minimum absolute atomic E-state index is 0.124. The maximum Gasteiger partial charge on any atom is 0.251 e. The fourth-order valence-corrected chi connectivity index (χ4v) is 3.95. The van der Waals surface area contributed by atoms with Crippen molar-refractivity contribution < 1.29 is 8.78 Å². The van der Waals surface area contributed by atoms with E-state index in [4.69, 9.17) is 5.73 Å². The number of rotatable bonds is 5. The lowest BCUT2D eigenvalue weighted by Gasteiger charge is -2.33. The Morgan fingerprint density at radius 3 is 2.65 bits per heavy atom. The molecule has 4 rings (SSSR count). The standard InChI is InChI=1S/C17H22F2N6S/c1-11-21-16(23-25(11)13-2-3-13)26-10-12-8-14(9-15(20)22-12)24-6-4-17(18,19)5-7-24/h8-9,13H,2-7,10H2,1H3,(H2,20,22). The van der Waals surface area contributed by atoms with Crippen LogP contribution in [0.25, 0.3) is 0 Å². The summed E-state index contributed by atoms with van der Waals surface area (Å²) in [6.07, 6.45) is 2.09. The molecule has 0 aromatic carbocycles. The lowest BCUT2D eigenvalue weighted by atomic mass is 10.1. The molecule has 3 heterocycles. The highest BCUT2D eigenvalue weighted by Crippen LogP contribution is 2.36. The van der Waals surface area contributed by atoms with Gasteiger partial charge in [-0.1, -0.05) is 11.8 Å². The zero-order valence-electron chi connectivity index (χ0n) is 14.7. The predicted octanol–water partition coefficient (Wildman–Crippen LogP) is 3.43. The van der Waals surface area contributed by atoms with E-state index in [1.807, 2.05) is 22.6 Å². The van der Waals surface area contributed by atoms with Gasteiger partial charge in [-0.05, 0) is 25.8 Å². The van der Waals surface area contributed by atoms with E-state index >= 15 is 0 Å². The molecule has 1 aliphatic heterocycles.